The summed E-state index contributed by atoms with van der Waals surface area (Å²) < 4.78 is 10.3. The first-order valence-electron chi connectivity index (χ1n) is 6.63. The zero-order chi connectivity index (χ0) is 15.4. The molecule has 1 fully saturated rings. The van der Waals surface area contributed by atoms with Gasteiger partial charge in [-0.2, -0.15) is 0 Å². The third-order valence-corrected chi connectivity index (χ3v) is 3.33. The van der Waals surface area contributed by atoms with Crippen LogP contribution in [0.4, 0.5) is 0 Å². The first-order chi connectivity index (χ1) is 10.1. The average molecular weight is 297 g/mol. The second-order valence-electron chi connectivity index (χ2n) is 4.81. The molecule has 1 saturated heterocycles. The zero-order valence-electron chi connectivity index (χ0n) is 11.5. The third kappa shape index (κ3) is 3.33. The maximum Gasteiger partial charge on any atom is 0.336 e. The second kappa shape index (κ2) is 6.86. The van der Waals surface area contributed by atoms with Crippen LogP contribution in [-0.4, -0.2) is 63.9 Å². The lowest BCUT2D eigenvalue weighted by Crippen LogP contribution is -2.40. The highest BCUT2D eigenvalue weighted by Gasteiger charge is 2.44. The Balaban J connectivity index is 2.08. The number of rotatable bonds is 5. The van der Waals surface area contributed by atoms with Crippen LogP contribution < -0.4 is 0 Å². The van der Waals surface area contributed by atoms with E-state index >= 15 is 0 Å². The second-order valence-corrected chi connectivity index (χ2v) is 4.81. The topological polar surface area (TPSA) is 99.5 Å². The van der Waals surface area contributed by atoms with Gasteiger partial charge in [-0.15, -0.1) is 0 Å². The first kappa shape index (κ1) is 15.7. The number of ether oxygens (including phenoxy) is 2. The Hall–Kier alpha value is -1.67. The van der Waals surface area contributed by atoms with E-state index in [4.69, 9.17) is 14.6 Å². The van der Waals surface area contributed by atoms with Crippen LogP contribution in [0, 0.1) is 0 Å². The average Bonchev–Trinajstić information content (AvgIpc) is 2.80. The molecule has 0 aliphatic carbocycles. The van der Waals surface area contributed by atoms with Gasteiger partial charge in [-0.05, 0) is 0 Å². The predicted octanol–water partition coefficient (Wildman–Crippen LogP) is -0.742. The molecule has 21 heavy (non-hydrogen) atoms. The number of carbonyl (C=O) groups excluding carboxylic acids is 1. The highest BCUT2D eigenvalue weighted by atomic mass is 16.6. The molecule has 7 nitrogen and oxygen atoms in total. The number of hydrogen-bond donors (Lipinski definition) is 3. The van der Waals surface area contributed by atoms with Crippen LogP contribution in [0.2, 0.25) is 0 Å². The number of aliphatic hydroxyl groups is 3. The Morgan fingerprint density at radius 2 is 2.29 bits per heavy atom. The number of hydrogen-bond acceptors (Lipinski definition) is 7. The smallest absolute Gasteiger partial charge is 0.336 e. The van der Waals surface area contributed by atoms with Gasteiger partial charge in [0.05, 0.1) is 12.2 Å². The maximum atomic E-state index is 11.8. The van der Waals surface area contributed by atoms with Gasteiger partial charge in [0, 0.05) is 18.8 Å². The summed E-state index contributed by atoms with van der Waals surface area (Å²) in [7, 11) is 0. The molecule has 0 radical (unpaired) electrons. The van der Waals surface area contributed by atoms with Crippen molar-refractivity contribution in [2.45, 2.75) is 31.0 Å². The number of nitrogens with zero attached hydrogens (tertiary/aromatic N) is 1. The van der Waals surface area contributed by atoms with Gasteiger partial charge < -0.3 is 29.7 Å². The third-order valence-electron chi connectivity index (χ3n) is 3.33. The summed E-state index contributed by atoms with van der Waals surface area (Å²) in [6.45, 7) is 3.19. The van der Waals surface area contributed by atoms with Crippen molar-refractivity contribution in [1.29, 1.82) is 0 Å². The van der Waals surface area contributed by atoms with Gasteiger partial charge in [-0.3, -0.25) is 0 Å². The summed E-state index contributed by atoms with van der Waals surface area (Å²) in [6.07, 6.45) is 2.66. The molecular weight excluding hydrogens is 278 g/mol. The Bertz CT molecular complexity index is 460. The monoisotopic (exact) mass is 297 g/mol. The lowest BCUT2D eigenvalue weighted by molar-refractivity contribution is -0.138. The van der Waals surface area contributed by atoms with E-state index in [9.17, 15) is 15.0 Å². The van der Waals surface area contributed by atoms with Crippen molar-refractivity contribution in [3.8, 4) is 0 Å². The molecule has 2 heterocycles. The van der Waals surface area contributed by atoms with E-state index in [1.54, 1.807) is 12.3 Å². The quantitative estimate of drug-likeness (QED) is 0.454. The number of esters is 1. The first-order valence-corrected chi connectivity index (χ1v) is 6.63. The van der Waals surface area contributed by atoms with Crippen LogP contribution in [0.5, 0.6) is 0 Å². The summed E-state index contributed by atoms with van der Waals surface area (Å²) in [6, 6.07) is 0. The fourth-order valence-corrected chi connectivity index (χ4v) is 2.23. The van der Waals surface area contributed by atoms with Gasteiger partial charge in [0.1, 0.15) is 24.9 Å². The van der Waals surface area contributed by atoms with Gasteiger partial charge in [0.2, 0.25) is 0 Å². The largest absolute Gasteiger partial charge is 0.458 e. The highest BCUT2D eigenvalue weighted by molar-refractivity contribution is 5.88. The van der Waals surface area contributed by atoms with Crippen molar-refractivity contribution in [3.63, 3.8) is 0 Å². The van der Waals surface area contributed by atoms with Gasteiger partial charge in [0.15, 0.2) is 6.23 Å². The predicted molar refractivity (Wildman–Crippen MR) is 72.6 cm³/mol. The van der Waals surface area contributed by atoms with E-state index < -0.39 is 37.1 Å². The van der Waals surface area contributed by atoms with Crippen LogP contribution >= 0.6 is 0 Å². The summed E-state index contributed by atoms with van der Waals surface area (Å²) in [5.74, 6) is -0.476. The van der Waals surface area contributed by atoms with Crippen LogP contribution in [0.1, 0.15) is 6.42 Å². The van der Waals surface area contributed by atoms with E-state index in [0.29, 0.717) is 12.0 Å². The zero-order valence-corrected chi connectivity index (χ0v) is 11.5. The van der Waals surface area contributed by atoms with Gasteiger partial charge in [0.25, 0.3) is 0 Å². The van der Waals surface area contributed by atoms with Crippen LogP contribution in [-0.2, 0) is 14.3 Å². The molecule has 2 aliphatic heterocycles. The highest BCUT2D eigenvalue weighted by Crippen LogP contribution is 2.27. The fraction of sp³-hybridized carbons (Fsp3) is 0.500. The van der Waals surface area contributed by atoms with E-state index in [1.807, 2.05) is 0 Å². The van der Waals surface area contributed by atoms with Gasteiger partial charge in [-0.1, -0.05) is 18.7 Å². The Kier molecular flexibility index (Phi) is 5.13. The van der Waals surface area contributed by atoms with E-state index in [0.717, 1.165) is 0 Å². The molecule has 0 aromatic rings. The molecule has 0 unspecified atom stereocenters. The Morgan fingerprint density at radius 1 is 1.52 bits per heavy atom. The summed E-state index contributed by atoms with van der Waals surface area (Å²) >= 11 is 0. The molecule has 7 heteroatoms. The molecular formula is C14H19NO6. The number of aliphatic hydroxyl groups excluding tert-OH is 3. The van der Waals surface area contributed by atoms with E-state index in [-0.39, 0.29) is 6.61 Å². The van der Waals surface area contributed by atoms with E-state index in [1.165, 1.54) is 17.2 Å². The van der Waals surface area contributed by atoms with Gasteiger partial charge in [-0.25, -0.2) is 4.79 Å². The van der Waals surface area contributed by atoms with Crippen molar-refractivity contribution < 1.29 is 29.6 Å². The fourth-order valence-electron chi connectivity index (χ4n) is 2.23. The normalized spacial score (nSPS) is 32.0. The van der Waals surface area contributed by atoms with Crippen molar-refractivity contribution in [3.05, 3.63) is 36.7 Å². The SMILES string of the molecule is C=CCOC(=O)C1=CN([C@@H]2O[C@H](CO)[C@@H](O)[C@H]2O)C=CC1. The van der Waals surface area contributed by atoms with Crippen molar-refractivity contribution in [2.24, 2.45) is 0 Å². The van der Waals surface area contributed by atoms with Gasteiger partial charge >= 0.3 is 5.97 Å². The summed E-state index contributed by atoms with van der Waals surface area (Å²) in [5.41, 5.74) is 0.400. The van der Waals surface area contributed by atoms with Crippen LogP contribution in [0.3, 0.4) is 0 Å². The minimum atomic E-state index is -1.19. The molecule has 3 N–H and O–H groups in total. The molecule has 0 spiro atoms. The number of allylic oxidation sites excluding steroid dienone is 1. The minimum Gasteiger partial charge on any atom is -0.458 e. The Morgan fingerprint density at radius 3 is 2.90 bits per heavy atom. The summed E-state index contributed by atoms with van der Waals surface area (Å²) in [5, 5.41) is 28.8. The maximum absolute atomic E-state index is 11.8. The lowest BCUT2D eigenvalue weighted by atomic mass is 10.1. The minimum absolute atomic E-state index is 0.119. The molecule has 0 aromatic heterocycles. The van der Waals surface area contributed by atoms with Crippen molar-refractivity contribution >= 4 is 5.97 Å². The molecule has 4 atom stereocenters. The molecule has 0 saturated carbocycles. The Labute approximate surface area is 122 Å². The molecule has 0 amide bonds. The molecule has 0 aromatic carbocycles. The number of carbonyl (C=O) groups is 1. The van der Waals surface area contributed by atoms with E-state index in [2.05, 4.69) is 6.58 Å². The summed E-state index contributed by atoms with van der Waals surface area (Å²) in [4.78, 5) is 13.3. The van der Waals surface area contributed by atoms with Crippen molar-refractivity contribution in [1.82, 2.24) is 4.90 Å². The standard InChI is InChI=1S/C14H19NO6/c1-2-6-20-14(19)9-4-3-5-15(7-9)13-12(18)11(17)10(8-16)21-13/h2-3,5,7,10-13,16-18H,1,4,6,8H2/t10-,11-,12-,13-/m1/s1. The molecule has 2 rings (SSSR count). The molecule has 116 valence electrons. The molecule has 2 aliphatic rings. The lowest BCUT2D eigenvalue weighted by Gasteiger charge is -2.28. The van der Waals surface area contributed by atoms with Crippen LogP contribution in [0.15, 0.2) is 36.7 Å². The van der Waals surface area contributed by atoms with Crippen LogP contribution in [0.25, 0.3) is 0 Å². The molecule has 0 bridgehead atoms. The van der Waals surface area contributed by atoms with Crippen molar-refractivity contribution in [2.75, 3.05) is 13.2 Å².